The molecule has 7 heteroatoms. The second-order valence-electron chi connectivity index (χ2n) is 13.0. The number of unbranched alkanes of at least 4 members (excludes halogenated alkanes) is 5. The van der Waals surface area contributed by atoms with Gasteiger partial charge in [0.05, 0.1) is 44.5 Å². The number of methoxy groups -OCH3 is 2. The van der Waals surface area contributed by atoms with Crippen LogP contribution < -0.4 is 14.2 Å². The average molecular weight is 704 g/mol. The quantitative estimate of drug-likeness (QED) is 0.0408. The number of carbonyl (C=O) groups is 1. The van der Waals surface area contributed by atoms with Gasteiger partial charge in [-0.2, -0.15) is 5.26 Å². The van der Waals surface area contributed by atoms with Crippen molar-refractivity contribution in [2.45, 2.75) is 89.9 Å². The maximum atomic E-state index is 13.0. The lowest BCUT2D eigenvalue weighted by atomic mass is 9.68. The van der Waals surface area contributed by atoms with Crippen molar-refractivity contribution in [2.24, 2.45) is 10.8 Å². The van der Waals surface area contributed by atoms with Crippen molar-refractivity contribution >= 4 is 40.2 Å². The summed E-state index contributed by atoms with van der Waals surface area (Å²) in [4.78, 5) is 13.0. The largest absolute Gasteiger partial charge is 0.497 e. The molecule has 0 radical (unpaired) electrons. The van der Waals surface area contributed by atoms with Crippen LogP contribution in [0.1, 0.15) is 97.6 Å². The summed E-state index contributed by atoms with van der Waals surface area (Å²) in [5.74, 6) is 2.05. The van der Waals surface area contributed by atoms with E-state index in [1.807, 2.05) is 49.4 Å². The fraction of sp³-hybridized carbons (Fsp3) is 0.556. The lowest BCUT2D eigenvalue weighted by molar-refractivity contribution is -0.158. The number of nitrogens with zero attached hydrogens (tertiary/aromatic N) is 1. The fourth-order valence-electron chi connectivity index (χ4n) is 5.00. The van der Waals surface area contributed by atoms with Crippen molar-refractivity contribution in [1.82, 2.24) is 0 Å². The van der Waals surface area contributed by atoms with Gasteiger partial charge in [-0.15, -0.1) is 0 Å². The molecule has 0 aliphatic heterocycles. The monoisotopic (exact) mass is 703 g/mol. The standard InChI is InChI=1S/C36H50INO5/c1-34(2,3)26-36(6,35(4,5)37)33(39)43-20-14-12-10-9-11-13-19-42-30-17-15-28(16-18-30)29(25-38)21-27-22-31(40-7)24-32(23-27)41-8/h15-18,21-24H,9-14,19-20,26H2,1-8H3/b29-21+. The number of carbonyl (C=O) groups excluding carboxylic acids is 1. The van der Waals surface area contributed by atoms with Crippen LogP contribution >= 0.6 is 22.6 Å². The molecule has 0 bridgehead atoms. The first-order valence-electron chi connectivity index (χ1n) is 15.2. The van der Waals surface area contributed by atoms with Crippen LogP contribution in [0.4, 0.5) is 0 Å². The number of esters is 1. The summed E-state index contributed by atoms with van der Waals surface area (Å²) in [6.07, 6.45) is 8.88. The summed E-state index contributed by atoms with van der Waals surface area (Å²) >= 11 is 2.39. The lowest BCUT2D eigenvalue weighted by Gasteiger charge is -2.42. The van der Waals surface area contributed by atoms with Gasteiger partial charge in [0, 0.05) is 9.49 Å². The number of halogens is 1. The Balaban J connectivity index is 1.70. The molecule has 43 heavy (non-hydrogen) atoms. The summed E-state index contributed by atoms with van der Waals surface area (Å²) in [7, 11) is 3.20. The predicted molar refractivity (Wildman–Crippen MR) is 184 cm³/mol. The second-order valence-corrected chi connectivity index (χ2v) is 15.7. The number of ether oxygens (including phenoxy) is 4. The zero-order chi connectivity index (χ0) is 32.1. The smallest absolute Gasteiger partial charge is 0.313 e. The van der Waals surface area contributed by atoms with Crippen molar-refractivity contribution in [2.75, 3.05) is 27.4 Å². The van der Waals surface area contributed by atoms with Gasteiger partial charge in [-0.05, 0) is 99.0 Å². The first kappa shape index (κ1) is 36.5. The van der Waals surface area contributed by atoms with Crippen LogP contribution in [0, 0.1) is 22.2 Å². The first-order valence-corrected chi connectivity index (χ1v) is 16.2. The minimum absolute atomic E-state index is 0.0507. The van der Waals surface area contributed by atoms with Crippen molar-refractivity contribution in [3.05, 3.63) is 53.6 Å². The molecule has 0 fully saturated rings. The molecule has 236 valence electrons. The molecule has 0 amide bonds. The van der Waals surface area contributed by atoms with Crippen molar-refractivity contribution in [3.8, 4) is 23.3 Å². The van der Waals surface area contributed by atoms with Gasteiger partial charge in [-0.3, -0.25) is 4.79 Å². The van der Waals surface area contributed by atoms with Crippen LogP contribution in [-0.4, -0.2) is 36.8 Å². The highest BCUT2D eigenvalue weighted by Gasteiger charge is 2.48. The number of allylic oxidation sites excluding steroid dienone is 1. The van der Waals surface area contributed by atoms with Crippen molar-refractivity contribution < 1.29 is 23.7 Å². The van der Waals surface area contributed by atoms with E-state index in [-0.39, 0.29) is 14.8 Å². The van der Waals surface area contributed by atoms with Crippen molar-refractivity contribution in [3.63, 3.8) is 0 Å². The zero-order valence-corrected chi connectivity index (χ0v) is 29.5. The molecule has 0 aromatic heterocycles. The molecule has 1 unspecified atom stereocenters. The Kier molecular flexibility index (Phi) is 14.4. The molecule has 1 atom stereocenters. The van der Waals surface area contributed by atoms with Gasteiger partial charge in [0.1, 0.15) is 17.2 Å². The maximum absolute atomic E-state index is 13.0. The Morgan fingerprint density at radius 1 is 0.814 bits per heavy atom. The van der Waals surface area contributed by atoms with E-state index in [1.165, 1.54) is 0 Å². The van der Waals surface area contributed by atoms with Gasteiger partial charge in [0.15, 0.2) is 0 Å². The van der Waals surface area contributed by atoms with Crippen molar-refractivity contribution in [1.29, 1.82) is 5.26 Å². The highest BCUT2D eigenvalue weighted by Crippen LogP contribution is 2.47. The summed E-state index contributed by atoms with van der Waals surface area (Å²) in [6, 6.07) is 15.4. The highest BCUT2D eigenvalue weighted by molar-refractivity contribution is 14.1. The van der Waals surface area contributed by atoms with Crippen LogP contribution in [-0.2, 0) is 9.53 Å². The van der Waals surface area contributed by atoms with E-state index in [0.717, 1.165) is 61.8 Å². The molecule has 0 spiro atoms. The highest BCUT2D eigenvalue weighted by atomic mass is 127. The minimum Gasteiger partial charge on any atom is -0.497 e. The van der Waals surface area contributed by atoms with E-state index in [0.29, 0.717) is 30.3 Å². The van der Waals surface area contributed by atoms with Crippen LogP contribution in [0.15, 0.2) is 42.5 Å². The van der Waals surface area contributed by atoms with Crippen LogP contribution in [0.25, 0.3) is 11.6 Å². The van der Waals surface area contributed by atoms with Crippen LogP contribution in [0.2, 0.25) is 0 Å². The Bertz CT molecular complexity index is 1210. The molecule has 2 rings (SSSR count). The van der Waals surface area contributed by atoms with Gasteiger partial charge in [0.2, 0.25) is 0 Å². The van der Waals surface area contributed by atoms with E-state index in [9.17, 15) is 10.1 Å². The number of hydrogen-bond donors (Lipinski definition) is 0. The van der Waals surface area contributed by atoms with Gasteiger partial charge in [-0.1, -0.05) is 69.0 Å². The molecule has 0 saturated heterocycles. The summed E-state index contributed by atoms with van der Waals surface area (Å²) in [5.41, 5.74) is 1.72. The molecule has 2 aromatic carbocycles. The van der Waals surface area contributed by atoms with Crippen LogP contribution in [0.3, 0.4) is 0 Å². The summed E-state index contributed by atoms with van der Waals surface area (Å²) in [5, 5.41) is 9.74. The zero-order valence-electron chi connectivity index (χ0n) is 27.3. The molecular weight excluding hydrogens is 653 g/mol. The third kappa shape index (κ3) is 12.1. The normalized spacial score (nSPS) is 13.5. The van der Waals surface area contributed by atoms with Crippen LogP contribution in [0.5, 0.6) is 17.2 Å². The summed E-state index contributed by atoms with van der Waals surface area (Å²) in [6.45, 7) is 13.9. The number of rotatable bonds is 17. The first-order chi connectivity index (χ1) is 20.2. The van der Waals surface area contributed by atoms with Gasteiger partial charge in [0.25, 0.3) is 0 Å². The second kappa shape index (κ2) is 16.9. The number of hydrogen-bond acceptors (Lipinski definition) is 6. The molecule has 6 nitrogen and oxygen atoms in total. The topological polar surface area (TPSA) is 77.8 Å². The molecule has 0 saturated carbocycles. The maximum Gasteiger partial charge on any atom is 0.313 e. The molecular formula is C36H50INO5. The van der Waals surface area contributed by atoms with E-state index in [4.69, 9.17) is 18.9 Å². The van der Waals surface area contributed by atoms with E-state index >= 15 is 0 Å². The van der Waals surface area contributed by atoms with Gasteiger partial charge in [-0.25, -0.2) is 0 Å². The third-order valence-electron chi connectivity index (χ3n) is 7.66. The fourth-order valence-corrected chi connectivity index (χ4v) is 5.41. The SMILES string of the molecule is COc1cc(/C=C(\C#N)c2ccc(OCCCCCCCCOC(=O)C(C)(CC(C)(C)C)C(C)(C)I)cc2)cc(OC)c1. The summed E-state index contributed by atoms with van der Waals surface area (Å²) < 4.78 is 22.2. The number of alkyl halides is 1. The van der Waals surface area contributed by atoms with E-state index in [2.05, 4.69) is 63.3 Å². The average Bonchev–Trinajstić information content (AvgIpc) is 2.95. The third-order valence-corrected chi connectivity index (χ3v) is 8.85. The lowest BCUT2D eigenvalue weighted by Crippen LogP contribution is -2.46. The van der Waals surface area contributed by atoms with Gasteiger partial charge >= 0.3 is 5.97 Å². The van der Waals surface area contributed by atoms with E-state index < -0.39 is 5.41 Å². The predicted octanol–water partition coefficient (Wildman–Crippen LogP) is 9.69. The molecule has 2 aromatic rings. The molecule has 0 aliphatic carbocycles. The molecule has 0 heterocycles. The Hall–Kier alpha value is -2.73. The molecule has 0 N–H and O–H groups in total. The Labute approximate surface area is 273 Å². The number of benzene rings is 2. The number of nitriles is 1. The van der Waals surface area contributed by atoms with E-state index in [1.54, 1.807) is 20.3 Å². The Morgan fingerprint density at radius 3 is 1.84 bits per heavy atom. The molecule has 0 aliphatic rings. The minimum atomic E-state index is -0.522. The van der Waals surface area contributed by atoms with Gasteiger partial charge < -0.3 is 18.9 Å². The Morgan fingerprint density at radius 2 is 1.35 bits per heavy atom.